The third-order valence-corrected chi connectivity index (χ3v) is 2.55. The zero-order valence-corrected chi connectivity index (χ0v) is 8.76. The fraction of sp³-hybridized carbons (Fsp3) is 0.333. The number of nitrogens with two attached hydrogens (primary N) is 1. The van der Waals surface area contributed by atoms with Crippen molar-refractivity contribution in [3.63, 3.8) is 0 Å². The highest BCUT2D eigenvalue weighted by Crippen LogP contribution is 2.30. The van der Waals surface area contributed by atoms with Crippen LogP contribution in [0.25, 0.3) is 0 Å². The summed E-state index contributed by atoms with van der Waals surface area (Å²) in [6.45, 7) is 1.94. The maximum atomic E-state index is 5.75. The van der Waals surface area contributed by atoms with Gasteiger partial charge in [0.2, 0.25) is 0 Å². The first-order valence-electron chi connectivity index (χ1n) is 3.74. The zero-order valence-electron chi connectivity index (χ0n) is 7.17. The quantitative estimate of drug-likeness (QED) is 0.846. The first kappa shape index (κ1) is 9.55. The van der Waals surface area contributed by atoms with Gasteiger partial charge in [-0.25, -0.2) is 0 Å². The van der Waals surface area contributed by atoms with Crippen LogP contribution in [0.2, 0.25) is 0 Å². The highest BCUT2D eigenvalue weighted by molar-refractivity contribution is 9.10. The molecule has 0 heterocycles. The van der Waals surface area contributed by atoms with Crippen molar-refractivity contribution in [3.8, 4) is 5.75 Å². The van der Waals surface area contributed by atoms with Crippen LogP contribution in [0.15, 0.2) is 22.7 Å². The van der Waals surface area contributed by atoms with Crippen LogP contribution in [0.1, 0.15) is 18.5 Å². The van der Waals surface area contributed by atoms with E-state index in [1.165, 1.54) is 0 Å². The summed E-state index contributed by atoms with van der Waals surface area (Å²) in [4.78, 5) is 0. The van der Waals surface area contributed by atoms with Crippen LogP contribution < -0.4 is 10.5 Å². The third-order valence-electron chi connectivity index (χ3n) is 1.70. The van der Waals surface area contributed by atoms with E-state index in [0.29, 0.717) is 0 Å². The summed E-state index contributed by atoms with van der Waals surface area (Å²) in [6, 6.07) is 5.84. The van der Waals surface area contributed by atoms with Gasteiger partial charge in [-0.05, 0) is 34.5 Å². The molecule has 0 amide bonds. The molecular formula is C9H12BrNO. The highest BCUT2D eigenvalue weighted by atomic mass is 79.9. The lowest BCUT2D eigenvalue weighted by atomic mass is 10.1. The van der Waals surface area contributed by atoms with Crippen LogP contribution in [0, 0.1) is 0 Å². The van der Waals surface area contributed by atoms with E-state index < -0.39 is 0 Å². The van der Waals surface area contributed by atoms with E-state index in [1.54, 1.807) is 7.11 Å². The maximum Gasteiger partial charge on any atom is 0.133 e. The Labute approximate surface area is 80.8 Å². The van der Waals surface area contributed by atoms with E-state index in [4.69, 9.17) is 10.5 Å². The molecule has 0 aromatic heterocycles. The zero-order chi connectivity index (χ0) is 9.14. The standard InChI is InChI=1S/C9H12BrNO/c1-6(11)7-4-3-5-8(12-2)9(7)10/h3-6H,11H2,1-2H3/t6-/m1/s1. The van der Waals surface area contributed by atoms with Crippen molar-refractivity contribution in [2.45, 2.75) is 13.0 Å². The lowest BCUT2D eigenvalue weighted by Crippen LogP contribution is -2.06. The number of methoxy groups -OCH3 is 1. The average molecular weight is 230 g/mol. The minimum atomic E-state index is 0.0227. The third kappa shape index (κ3) is 1.79. The molecule has 1 aromatic carbocycles. The SMILES string of the molecule is COc1cccc([C@@H](C)N)c1Br. The predicted molar refractivity (Wildman–Crippen MR) is 53.3 cm³/mol. The number of halogens is 1. The van der Waals surface area contributed by atoms with Crippen LogP contribution in [0.4, 0.5) is 0 Å². The van der Waals surface area contributed by atoms with Crippen LogP contribution in [-0.4, -0.2) is 7.11 Å². The minimum absolute atomic E-state index is 0.0227. The summed E-state index contributed by atoms with van der Waals surface area (Å²) in [5, 5.41) is 0. The summed E-state index contributed by atoms with van der Waals surface area (Å²) in [5.41, 5.74) is 6.82. The first-order chi connectivity index (χ1) is 5.66. The summed E-state index contributed by atoms with van der Waals surface area (Å²) in [6.07, 6.45) is 0. The van der Waals surface area contributed by atoms with Crippen molar-refractivity contribution in [1.29, 1.82) is 0 Å². The molecule has 0 aliphatic carbocycles. The van der Waals surface area contributed by atoms with Gasteiger partial charge in [-0.3, -0.25) is 0 Å². The molecule has 0 bridgehead atoms. The Morgan fingerprint density at radius 1 is 1.50 bits per heavy atom. The first-order valence-corrected chi connectivity index (χ1v) is 4.54. The molecule has 1 atom stereocenters. The Morgan fingerprint density at radius 3 is 2.67 bits per heavy atom. The summed E-state index contributed by atoms with van der Waals surface area (Å²) < 4.78 is 6.08. The molecule has 1 rings (SSSR count). The molecule has 2 nitrogen and oxygen atoms in total. The number of ether oxygens (including phenoxy) is 1. The second kappa shape index (κ2) is 3.92. The Kier molecular flexibility index (Phi) is 3.12. The summed E-state index contributed by atoms with van der Waals surface area (Å²) >= 11 is 3.44. The van der Waals surface area contributed by atoms with Crippen molar-refractivity contribution in [2.75, 3.05) is 7.11 Å². The van der Waals surface area contributed by atoms with Gasteiger partial charge in [0.25, 0.3) is 0 Å². The molecule has 0 spiro atoms. The molecule has 2 N–H and O–H groups in total. The molecule has 0 saturated heterocycles. The van der Waals surface area contributed by atoms with Crippen molar-refractivity contribution in [1.82, 2.24) is 0 Å². The average Bonchev–Trinajstić information content (AvgIpc) is 2.04. The van der Waals surface area contributed by atoms with Crippen molar-refractivity contribution in [3.05, 3.63) is 28.2 Å². The van der Waals surface area contributed by atoms with Gasteiger partial charge in [-0.1, -0.05) is 12.1 Å². The van der Waals surface area contributed by atoms with E-state index in [1.807, 2.05) is 25.1 Å². The Morgan fingerprint density at radius 2 is 2.17 bits per heavy atom. The van der Waals surface area contributed by atoms with Gasteiger partial charge in [0.15, 0.2) is 0 Å². The van der Waals surface area contributed by atoms with E-state index in [2.05, 4.69) is 15.9 Å². The van der Waals surface area contributed by atoms with E-state index in [-0.39, 0.29) is 6.04 Å². The van der Waals surface area contributed by atoms with Crippen LogP contribution in [-0.2, 0) is 0 Å². The van der Waals surface area contributed by atoms with Crippen LogP contribution in [0.3, 0.4) is 0 Å². The van der Waals surface area contributed by atoms with E-state index in [0.717, 1.165) is 15.8 Å². The molecule has 66 valence electrons. The number of rotatable bonds is 2. The number of hydrogen-bond acceptors (Lipinski definition) is 2. The fourth-order valence-electron chi connectivity index (χ4n) is 1.04. The molecule has 1 aromatic rings. The molecular weight excluding hydrogens is 218 g/mol. The molecule has 3 heteroatoms. The van der Waals surface area contributed by atoms with E-state index >= 15 is 0 Å². The molecule has 0 saturated carbocycles. The lowest BCUT2D eigenvalue weighted by Gasteiger charge is -2.11. The smallest absolute Gasteiger partial charge is 0.133 e. The highest BCUT2D eigenvalue weighted by Gasteiger charge is 2.08. The molecule has 0 aliphatic heterocycles. The largest absolute Gasteiger partial charge is 0.496 e. The number of benzene rings is 1. The van der Waals surface area contributed by atoms with Gasteiger partial charge in [0.1, 0.15) is 5.75 Å². The maximum absolute atomic E-state index is 5.75. The second-order valence-electron chi connectivity index (χ2n) is 2.65. The second-order valence-corrected chi connectivity index (χ2v) is 3.45. The summed E-state index contributed by atoms with van der Waals surface area (Å²) in [5.74, 6) is 0.824. The Balaban J connectivity index is 3.14. The lowest BCUT2D eigenvalue weighted by molar-refractivity contribution is 0.411. The van der Waals surface area contributed by atoms with Gasteiger partial charge in [0, 0.05) is 6.04 Å². The van der Waals surface area contributed by atoms with Crippen molar-refractivity contribution < 1.29 is 4.74 Å². The predicted octanol–water partition coefficient (Wildman–Crippen LogP) is 2.48. The summed E-state index contributed by atoms with van der Waals surface area (Å²) in [7, 11) is 1.64. The topological polar surface area (TPSA) is 35.2 Å². The van der Waals surface area contributed by atoms with Crippen molar-refractivity contribution >= 4 is 15.9 Å². The van der Waals surface area contributed by atoms with Gasteiger partial charge in [-0.15, -0.1) is 0 Å². The fourth-order valence-corrected chi connectivity index (χ4v) is 1.82. The monoisotopic (exact) mass is 229 g/mol. The molecule has 0 fully saturated rings. The van der Waals surface area contributed by atoms with Gasteiger partial charge in [0.05, 0.1) is 11.6 Å². The number of hydrogen-bond donors (Lipinski definition) is 1. The molecule has 0 unspecified atom stereocenters. The van der Waals surface area contributed by atoms with Crippen LogP contribution >= 0.6 is 15.9 Å². The Hall–Kier alpha value is -0.540. The van der Waals surface area contributed by atoms with Crippen molar-refractivity contribution in [2.24, 2.45) is 5.73 Å². The normalized spacial score (nSPS) is 12.7. The molecule has 0 aliphatic rings. The molecule has 0 radical (unpaired) electrons. The van der Waals surface area contributed by atoms with Crippen LogP contribution in [0.5, 0.6) is 5.75 Å². The van der Waals surface area contributed by atoms with Gasteiger partial charge >= 0.3 is 0 Å². The molecule has 12 heavy (non-hydrogen) atoms. The minimum Gasteiger partial charge on any atom is -0.496 e. The van der Waals surface area contributed by atoms with E-state index in [9.17, 15) is 0 Å². The Bertz CT molecular complexity index is 273. The van der Waals surface area contributed by atoms with Gasteiger partial charge in [-0.2, -0.15) is 0 Å². The van der Waals surface area contributed by atoms with Gasteiger partial charge < -0.3 is 10.5 Å².